The Labute approximate surface area is 106 Å². The van der Waals surface area contributed by atoms with Gasteiger partial charge in [-0.05, 0) is 12.1 Å². The predicted octanol–water partition coefficient (Wildman–Crippen LogP) is -0.708. The van der Waals surface area contributed by atoms with Crippen molar-refractivity contribution in [3.8, 4) is 0 Å². The van der Waals surface area contributed by atoms with Gasteiger partial charge in [-0.2, -0.15) is 4.31 Å². The van der Waals surface area contributed by atoms with Crippen LogP contribution in [-0.2, 0) is 14.8 Å². The number of aliphatic hydroxyl groups is 1. The van der Waals surface area contributed by atoms with Gasteiger partial charge < -0.3 is 15.6 Å². The number of methoxy groups -OCH3 is 1. The highest BCUT2D eigenvalue weighted by Gasteiger charge is 2.25. The first kappa shape index (κ1) is 14.8. The molecule has 0 aliphatic carbocycles. The number of likely N-dealkylation sites (N-methyl/N-ethyl adjacent to an activating group) is 1. The molecule has 0 radical (unpaired) electrons. The van der Waals surface area contributed by atoms with Crippen molar-refractivity contribution in [2.45, 2.75) is 11.0 Å². The molecule has 0 aliphatic rings. The van der Waals surface area contributed by atoms with Gasteiger partial charge in [0.1, 0.15) is 10.7 Å². The zero-order valence-electron chi connectivity index (χ0n) is 10.3. The number of ether oxygens (including phenoxy) is 1. The molecule has 1 rings (SSSR count). The zero-order chi connectivity index (χ0) is 13.8. The van der Waals surface area contributed by atoms with E-state index in [0.717, 1.165) is 4.31 Å². The Morgan fingerprint density at radius 2 is 2.28 bits per heavy atom. The maximum atomic E-state index is 12.1. The molecule has 102 valence electrons. The number of hydrogen-bond donors (Lipinski definition) is 2. The van der Waals surface area contributed by atoms with Gasteiger partial charge >= 0.3 is 0 Å². The second-order valence-corrected chi connectivity index (χ2v) is 5.79. The molecular formula is C10H17N3O4S. The Bertz CT molecular complexity index is 492. The maximum Gasteiger partial charge on any atom is 0.246 e. The van der Waals surface area contributed by atoms with Crippen molar-refractivity contribution in [3.05, 3.63) is 18.3 Å². The van der Waals surface area contributed by atoms with Gasteiger partial charge in [0.15, 0.2) is 0 Å². The van der Waals surface area contributed by atoms with E-state index < -0.39 is 16.1 Å². The second kappa shape index (κ2) is 6.10. The number of nitrogens with two attached hydrogens (primary N) is 1. The quantitative estimate of drug-likeness (QED) is 0.710. The number of pyridine rings is 1. The number of rotatable bonds is 6. The van der Waals surface area contributed by atoms with Crippen LogP contribution in [0.4, 0.5) is 5.82 Å². The Morgan fingerprint density at radius 3 is 2.83 bits per heavy atom. The van der Waals surface area contributed by atoms with Crippen LogP contribution in [0.25, 0.3) is 0 Å². The normalized spacial score (nSPS) is 13.8. The summed E-state index contributed by atoms with van der Waals surface area (Å²) in [7, 11) is -0.964. The van der Waals surface area contributed by atoms with E-state index in [1.807, 2.05) is 0 Å². The minimum atomic E-state index is -3.75. The average Bonchev–Trinajstić information content (AvgIpc) is 2.29. The molecule has 1 aromatic heterocycles. The molecule has 0 bridgehead atoms. The lowest BCUT2D eigenvalue weighted by molar-refractivity contribution is 0.0554. The van der Waals surface area contributed by atoms with Crippen LogP contribution in [0.2, 0.25) is 0 Å². The third-order valence-corrected chi connectivity index (χ3v) is 4.19. The van der Waals surface area contributed by atoms with E-state index in [4.69, 9.17) is 10.5 Å². The third kappa shape index (κ3) is 3.39. The fourth-order valence-corrected chi connectivity index (χ4v) is 2.70. The predicted molar refractivity (Wildman–Crippen MR) is 66.3 cm³/mol. The molecule has 18 heavy (non-hydrogen) atoms. The molecule has 0 aromatic carbocycles. The van der Waals surface area contributed by atoms with Crippen LogP contribution < -0.4 is 5.73 Å². The van der Waals surface area contributed by atoms with Gasteiger partial charge in [-0.1, -0.05) is 0 Å². The first-order valence-corrected chi connectivity index (χ1v) is 6.67. The van der Waals surface area contributed by atoms with E-state index in [9.17, 15) is 13.5 Å². The lowest BCUT2D eigenvalue weighted by atomic mass is 10.4. The smallest absolute Gasteiger partial charge is 0.246 e. The van der Waals surface area contributed by atoms with E-state index in [2.05, 4.69) is 4.98 Å². The Morgan fingerprint density at radius 1 is 1.61 bits per heavy atom. The van der Waals surface area contributed by atoms with E-state index in [1.54, 1.807) is 0 Å². The fourth-order valence-electron chi connectivity index (χ4n) is 1.43. The molecule has 0 aliphatic heterocycles. The highest BCUT2D eigenvalue weighted by atomic mass is 32.2. The lowest BCUT2D eigenvalue weighted by Crippen LogP contribution is -2.36. The Balaban J connectivity index is 2.90. The number of aromatic nitrogens is 1. The number of nitrogen functional groups attached to an aromatic ring is 1. The fraction of sp³-hybridized carbons (Fsp3) is 0.500. The summed E-state index contributed by atoms with van der Waals surface area (Å²) < 4.78 is 30.0. The average molecular weight is 275 g/mol. The van der Waals surface area contributed by atoms with Crippen LogP contribution in [0.5, 0.6) is 0 Å². The summed E-state index contributed by atoms with van der Waals surface area (Å²) in [5, 5.41) is 9.52. The molecule has 1 aromatic rings. The van der Waals surface area contributed by atoms with Gasteiger partial charge in [-0.25, -0.2) is 13.4 Å². The van der Waals surface area contributed by atoms with Gasteiger partial charge in [-0.3, -0.25) is 0 Å². The summed E-state index contributed by atoms with van der Waals surface area (Å²) in [5.74, 6) is -0.0643. The lowest BCUT2D eigenvalue weighted by Gasteiger charge is -2.20. The number of anilines is 1. The molecule has 1 unspecified atom stereocenters. The monoisotopic (exact) mass is 275 g/mol. The topological polar surface area (TPSA) is 106 Å². The molecule has 3 N–H and O–H groups in total. The summed E-state index contributed by atoms with van der Waals surface area (Å²) in [6.45, 7) is -0.0209. The molecule has 7 nitrogen and oxygen atoms in total. The van der Waals surface area contributed by atoms with Crippen LogP contribution in [-0.4, -0.2) is 56.2 Å². The number of sulfonamides is 1. The third-order valence-electron chi connectivity index (χ3n) is 2.31. The standard InChI is InChI=1S/C10H17N3O4S/c1-13(6-8(14)7-17-2)18(15,16)9-4-3-5-12-10(9)11/h3-5,8,14H,6-7H2,1-2H3,(H2,11,12). The molecule has 1 atom stereocenters. The number of aliphatic hydroxyl groups excluding tert-OH is 1. The molecule has 0 saturated heterocycles. The molecule has 8 heteroatoms. The van der Waals surface area contributed by atoms with Gasteiger partial charge in [0.05, 0.1) is 12.7 Å². The highest BCUT2D eigenvalue weighted by molar-refractivity contribution is 7.89. The van der Waals surface area contributed by atoms with E-state index in [0.29, 0.717) is 0 Å². The minimum absolute atomic E-state index is 0.0579. The summed E-state index contributed by atoms with van der Waals surface area (Å²) in [5.41, 5.74) is 5.53. The maximum absolute atomic E-state index is 12.1. The number of hydrogen-bond acceptors (Lipinski definition) is 6. The van der Waals surface area contributed by atoms with Crippen molar-refractivity contribution in [3.63, 3.8) is 0 Å². The van der Waals surface area contributed by atoms with Gasteiger partial charge in [-0.15, -0.1) is 0 Å². The molecule has 0 spiro atoms. The minimum Gasteiger partial charge on any atom is -0.389 e. The molecule has 0 amide bonds. The summed E-state index contributed by atoms with van der Waals surface area (Å²) in [6, 6.07) is 2.86. The van der Waals surface area contributed by atoms with Crippen LogP contribution in [0.3, 0.4) is 0 Å². The van der Waals surface area contributed by atoms with Crippen molar-refractivity contribution in [2.24, 2.45) is 0 Å². The summed E-state index contributed by atoms with van der Waals surface area (Å²) in [6.07, 6.45) is 0.515. The first-order valence-electron chi connectivity index (χ1n) is 5.23. The Kier molecular flexibility index (Phi) is 5.03. The van der Waals surface area contributed by atoms with Crippen molar-refractivity contribution in [1.82, 2.24) is 9.29 Å². The summed E-state index contributed by atoms with van der Waals surface area (Å²) >= 11 is 0. The van der Waals surface area contributed by atoms with Gasteiger partial charge in [0.2, 0.25) is 10.0 Å². The van der Waals surface area contributed by atoms with E-state index >= 15 is 0 Å². The first-order chi connectivity index (χ1) is 8.39. The van der Waals surface area contributed by atoms with Crippen LogP contribution in [0, 0.1) is 0 Å². The molecular weight excluding hydrogens is 258 g/mol. The summed E-state index contributed by atoms with van der Waals surface area (Å²) in [4.78, 5) is 3.66. The highest BCUT2D eigenvalue weighted by Crippen LogP contribution is 2.18. The molecule has 0 fully saturated rings. The van der Waals surface area contributed by atoms with Crippen molar-refractivity contribution >= 4 is 15.8 Å². The molecule has 0 saturated carbocycles. The molecule has 1 heterocycles. The van der Waals surface area contributed by atoms with Gasteiger partial charge in [0, 0.05) is 26.9 Å². The SMILES string of the molecule is COCC(O)CN(C)S(=O)(=O)c1cccnc1N. The largest absolute Gasteiger partial charge is 0.389 e. The van der Waals surface area contributed by atoms with Crippen LogP contribution in [0.15, 0.2) is 23.2 Å². The van der Waals surface area contributed by atoms with E-state index in [-0.39, 0.29) is 23.9 Å². The second-order valence-electron chi connectivity index (χ2n) is 3.78. The number of nitrogens with zero attached hydrogens (tertiary/aromatic N) is 2. The van der Waals surface area contributed by atoms with Crippen LogP contribution >= 0.6 is 0 Å². The van der Waals surface area contributed by atoms with Crippen molar-refractivity contribution in [2.75, 3.05) is 33.0 Å². The van der Waals surface area contributed by atoms with Crippen molar-refractivity contribution in [1.29, 1.82) is 0 Å². The zero-order valence-corrected chi connectivity index (χ0v) is 11.1. The van der Waals surface area contributed by atoms with Crippen LogP contribution in [0.1, 0.15) is 0 Å². The Hall–Kier alpha value is -1.22. The van der Waals surface area contributed by atoms with Crippen molar-refractivity contribution < 1.29 is 18.3 Å². The van der Waals surface area contributed by atoms with E-state index in [1.165, 1.54) is 32.5 Å². The van der Waals surface area contributed by atoms with Gasteiger partial charge in [0.25, 0.3) is 0 Å².